The van der Waals surface area contributed by atoms with E-state index in [1.54, 1.807) is 6.08 Å². The lowest BCUT2D eigenvalue weighted by Gasteiger charge is -2.03. The number of rotatable bonds is 2. The summed E-state index contributed by atoms with van der Waals surface area (Å²) in [5.41, 5.74) is 2.21. The van der Waals surface area contributed by atoms with E-state index in [1.807, 2.05) is 12.3 Å². The van der Waals surface area contributed by atoms with Crippen molar-refractivity contribution >= 4 is 6.08 Å². The fourth-order valence-corrected chi connectivity index (χ4v) is 0.879. The maximum atomic E-state index is 4.20. The molecule has 0 aromatic carbocycles. The van der Waals surface area contributed by atoms with Crippen LogP contribution in [0.15, 0.2) is 24.9 Å². The van der Waals surface area contributed by atoms with Crippen molar-refractivity contribution in [2.45, 2.75) is 19.8 Å². The van der Waals surface area contributed by atoms with Gasteiger partial charge in [-0.2, -0.15) is 0 Å². The Morgan fingerprint density at radius 2 is 2.18 bits per heavy atom. The smallest absolute Gasteiger partial charge is 0.0623 e. The van der Waals surface area contributed by atoms with Crippen LogP contribution in [0.4, 0.5) is 0 Å². The third-order valence-electron chi connectivity index (χ3n) is 1.69. The summed E-state index contributed by atoms with van der Waals surface area (Å²) < 4.78 is 0. The van der Waals surface area contributed by atoms with Crippen LogP contribution in [0.2, 0.25) is 0 Å². The number of hydrogen-bond donors (Lipinski definition) is 0. The monoisotopic (exact) mass is 147 g/mol. The molecule has 0 unspecified atom stereocenters. The van der Waals surface area contributed by atoms with Gasteiger partial charge >= 0.3 is 0 Å². The maximum absolute atomic E-state index is 4.20. The molecule has 1 rings (SSSR count). The normalized spacial score (nSPS) is 10.1. The van der Waals surface area contributed by atoms with Crippen LogP contribution in [0.3, 0.4) is 0 Å². The van der Waals surface area contributed by atoms with Crippen molar-refractivity contribution in [1.29, 1.82) is 0 Å². The van der Waals surface area contributed by atoms with E-state index in [4.69, 9.17) is 0 Å². The summed E-state index contributed by atoms with van der Waals surface area (Å²) in [6, 6.07) is 4.08. The van der Waals surface area contributed by atoms with Gasteiger partial charge in [0, 0.05) is 6.20 Å². The van der Waals surface area contributed by atoms with Gasteiger partial charge in [-0.3, -0.25) is 4.98 Å². The molecule has 0 atom stereocenters. The van der Waals surface area contributed by atoms with Crippen LogP contribution < -0.4 is 0 Å². The second-order valence-corrected chi connectivity index (χ2v) is 2.88. The summed E-state index contributed by atoms with van der Waals surface area (Å²) in [5, 5.41) is 0. The predicted molar refractivity (Wildman–Crippen MR) is 48.4 cm³/mol. The van der Waals surface area contributed by atoms with Crippen LogP contribution in [-0.4, -0.2) is 4.98 Å². The molecule has 0 N–H and O–H groups in total. The summed E-state index contributed by atoms with van der Waals surface area (Å²) >= 11 is 0. The van der Waals surface area contributed by atoms with Gasteiger partial charge in [0.05, 0.1) is 5.69 Å². The molecule has 1 heteroatoms. The number of pyridine rings is 1. The van der Waals surface area contributed by atoms with Crippen molar-refractivity contribution in [3.05, 3.63) is 36.2 Å². The summed E-state index contributed by atoms with van der Waals surface area (Å²) in [7, 11) is 0. The van der Waals surface area contributed by atoms with Crippen LogP contribution in [0.5, 0.6) is 0 Å². The van der Waals surface area contributed by atoms with Crippen LogP contribution in [0.1, 0.15) is 31.0 Å². The fraction of sp³-hybridized carbons (Fsp3) is 0.300. The van der Waals surface area contributed by atoms with Crippen molar-refractivity contribution < 1.29 is 0 Å². The lowest BCUT2D eigenvalue weighted by Crippen LogP contribution is -1.88. The number of aromatic nitrogens is 1. The highest BCUT2D eigenvalue weighted by molar-refractivity contribution is 5.41. The molecule has 11 heavy (non-hydrogen) atoms. The zero-order valence-corrected chi connectivity index (χ0v) is 7.04. The second kappa shape index (κ2) is 3.33. The molecule has 0 aliphatic heterocycles. The third kappa shape index (κ3) is 1.90. The van der Waals surface area contributed by atoms with E-state index < -0.39 is 0 Å². The molecule has 0 saturated heterocycles. The zero-order valence-electron chi connectivity index (χ0n) is 7.04. The van der Waals surface area contributed by atoms with Crippen molar-refractivity contribution in [1.82, 2.24) is 4.98 Å². The van der Waals surface area contributed by atoms with Crippen LogP contribution in [0.25, 0.3) is 6.08 Å². The van der Waals surface area contributed by atoms with Gasteiger partial charge in [0.1, 0.15) is 0 Å². The minimum absolute atomic E-state index is 0.557. The molecule has 0 fully saturated rings. The molecule has 0 aliphatic carbocycles. The standard InChI is InChI=1S/C10H13N/c1-4-10-6-5-9(7-11-10)8(2)3/h4-8H,1H2,2-3H3. The molecule has 58 valence electrons. The minimum atomic E-state index is 0.557. The van der Waals surface area contributed by atoms with E-state index in [2.05, 4.69) is 31.5 Å². The highest BCUT2D eigenvalue weighted by Crippen LogP contribution is 2.12. The van der Waals surface area contributed by atoms with E-state index in [-0.39, 0.29) is 0 Å². The van der Waals surface area contributed by atoms with Crippen molar-refractivity contribution in [3.8, 4) is 0 Å². The Kier molecular flexibility index (Phi) is 2.42. The van der Waals surface area contributed by atoms with Gasteiger partial charge in [-0.25, -0.2) is 0 Å². The largest absolute Gasteiger partial charge is 0.257 e. The highest BCUT2D eigenvalue weighted by Gasteiger charge is 1.97. The zero-order chi connectivity index (χ0) is 8.27. The Labute approximate surface area is 67.8 Å². The van der Waals surface area contributed by atoms with E-state index in [1.165, 1.54) is 5.56 Å². The second-order valence-electron chi connectivity index (χ2n) is 2.88. The van der Waals surface area contributed by atoms with E-state index >= 15 is 0 Å². The first-order valence-electron chi connectivity index (χ1n) is 3.82. The Bertz CT molecular complexity index is 234. The van der Waals surface area contributed by atoms with Crippen molar-refractivity contribution in [2.75, 3.05) is 0 Å². The fourth-order valence-electron chi connectivity index (χ4n) is 0.879. The molecule has 1 aromatic heterocycles. The Hall–Kier alpha value is -1.11. The minimum Gasteiger partial charge on any atom is -0.257 e. The van der Waals surface area contributed by atoms with Crippen LogP contribution in [-0.2, 0) is 0 Å². The Morgan fingerprint density at radius 3 is 2.55 bits per heavy atom. The lowest BCUT2D eigenvalue weighted by atomic mass is 10.1. The van der Waals surface area contributed by atoms with Gasteiger partial charge in [0.25, 0.3) is 0 Å². The molecule has 0 aliphatic rings. The molecular formula is C10H13N. The molecule has 0 saturated carbocycles. The highest BCUT2D eigenvalue weighted by atomic mass is 14.7. The number of nitrogens with zero attached hydrogens (tertiary/aromatic N) is 1. The molecular weight excluding hydrogens is 134 g/mol. The van der Waals surface area contributed by atoms with Gasteiger partial charge < -0.3 is 0 Å². The van der Waals surface area contributed by atoms with Crippen LogP contribution in [0, 0.1) is 0 Å². The quantitative estimate of drug-likeness (QED) is 0.626. The van der Waals surface area contributed by atoms with Crippen LogP contribution >= 0.6 is 0 Å². The third-order valence-corrected chi connectivity index (χ3v) is 1.69. The van der Waals surface area contributed by atoms with Gasteiger partial charge in [0.2, 0.25) is 0 Å². The SMILES string of the molecule is C=Cc1ccc(C(C)C)cn1. The average Bonchev–Trinajstić information content (AvgIpc) is 2.05. The molecule has 0 radical (unpaired) electrons. The first-order valence-corrected chi connectivity index (χ1v) is 3.82. The van der Waals surface area contributed by atoms with Gasteiger partial charge in [-0.1, -0.05) is 26.5 Å². The molecule has 0 spiro atoms. The van der Waals surface area contributed by atoms with Gasteiger partial charge in [-0.15, -0.1) is 0 Å². The van der Waals surface area contributed by atoms with E-state index in [0.717, 1.165) is 5.69 Å². The first-order chi connectivity index (χ1) is 5.24. The summed E-state index contributed by atoms with van der Waals surface area (Å²) in [4.78, 5) is 4.20. The summed E-state index contributed by atoms with van der Waals surface area (Å²) in [6.45, 7) is 7.96. The van der Waals surface area contributed by atoms with Gasteiger partial charge in [-0.05, 0) is 23.6 Å². The van der Waals surface area contributed by atoms with E-state index in [9.17, 15) is 0 Å². The number of hydrogen-bond acceptors (Lipinski definition) is 1. The van der Waals surface area contributed by atoms with Gasteiger partial charge in [0.15, 0.2) is 0 Å². The van der Waals surface area contributed by atoms with Crippen molar-refractivity contribution in [2.24, 2.45) is 0 Å². The topological polar surface area (TPSA) is 12.9 Å². The first kappa shape index (κ1) is 7.99. The summed E-state index contributed by atoms with van der Waals surface area (Å²) in [5.74, 6) is 0.557. The Balaban J connectivity index is 2.91. The van der Waals surface area contributed by atoms with Crippen molar-refractivity contribution in [3.63, 3.8) is 0 Å². The molecule has 1 heterocycles. The molecule has 0 bridgehead atoms. The molecule has 1 aromatic rings. The lowest BCUT2D eigenvalue weighted by molar-refractivity contribution is 0.857. The molecule has 1 nitrogen and oxygen atoms in total. The van der Waals surface area contributed by atoms with E-state index in [0.29, 0.717) is 5.92 Å². The molecule has 0 amide bonds. The summed E-state index contributed by atoms with van der Waals surface area (Å²) in [6.07, 6.45) is 3.66. The average molecular weight is 147 g/mol. The predicted octanol–water partition coefficient (Wildman–Crippen LogP) is 2.85. The Morgan fingerprint density at radius 1 is 1.45 bits per heavy atom. The maximum Gasteiger partial charge on any atom is 0.0623 e.